The lowest BCUT2D eigenvalue weighted by Crippen LogP contribution is -2.09. The van der Waals surface area contributed by atoms with E-state index in [-0.39, 0.29) is 6.04 Å². The van der Waals surface area contributed by atoms with Crippen LogP contribution in [-0.2, 0) is 0 Å². The van der Waals surface area contributed by atoms with Crippen molar-refractivity contribution in [1.29, 1.82) is 0 Å². The summed E-state index contributed by atoms with van der Waals surface area (Å²) in [7, 11) is 1.67. The van der Waals surface area contributed by atoms with Crippen molar-refractivity contribution < 1.29 is 4.74 Å². The van der Waals surface area contributed by atoms with Crippen LogP contribution in [-0.4, -0.2) is 7.11 Å². The Kier molecular flexibility index (Phi) is 3.45. The summed E-state index contributed by atoms with van der Waals surface area (Å²) in [6.07, 6.45) is 0. The molecule has 80 valence electrons. The van der Waals surface area contributed by atoms with Gasteiger partial charge in [-0.25, -0.2) is 0 Å². The molecule has 0 spiro atoms. The Morgan fingerprint density at radius 1 is 1.27 bits per heavy atom. The molecule has 1 atom stereocenters. The van der Waals surface area contributed by atoms with Crippen molar-refractivity contribution in [2.45, 2.75) is 6.04 Å². The predicted molar refractivity (Wildman–Crippen MR) is 68.9 cm³/mol. The molecule has 2 N–H and O–H groups in total. The third kappa shape index (κ3) is 2.10. The zero-order valence-electron chi connectivity index (χ0n) is 8.07. The first kappa shape index (κ1) is 11.1. The topological polar surface area (TPSA) is 35.2 Å². The summed E-state index contributed by atoms with van der Waals surface area (Å²) in [6.45, 7) is 0. The first-order valence-electron chi connectivity index (χ1n) is 4.34. The van der Waals surface area contributed by atoms with Crippen LogP contribution >= 0.6 is 38.6 Å². The number of rotatable bonds is 3. The molecule has 0 aliphatic rings. The first-order valence-corrected chi connectivity index (χ1v) is 6.89. The van der Waals surface area contributed by atoms with Crippen LogP contribution in [0.25, 0.3) is 0 Å². The standard InChI is InChI=1S/C10H10BrNOS2/c1-13-7-3-5-15-10(7)8(12)9-6(11)2-4-14-9/h2-5,8H,12H2,1H3. The van der Waals surface area contributed by atoms with E-state index in [1.54, 1.807) is 29.8 Å². The molecule has 0 amide bonds. The molecule has 2 rings (SSSR count). The van der Waals surface area contributed by atoms with Crippen LogP contribution in [0.15, 0.2) is 27.4 Å². The highest BCUT2D eigenvalue weighted by atomic mass is 79.9. The van der Waals surface area contributed by atoms with Gasteiger partial charge in [-0.3, -0.25) is 0 Å². The zero-order chi connectivity index (χ0) is 10.8. The van der Waals surface area contributed by atoms with E-state index in [1.165, 1.54) is 0 Å². The average Bonchev–Trinajstić information content (AvgIpc) is 2.84. The highest BCUT2D eigenvalue weighted by Gasteiger charge is 2.18. The SMILES string of the molecule is COc1ccsc1C(N)c1sccc1Br. The largest absolute Gasteiger partial charge is 0.496 e. The second-order valence-corrected chi connectivity index (χ2v) is 5.71. The van der Waals surface area contributed by atoms with Crippen molar-refractivity contribution in [3.63, 3.8) is 0 Å². The first-order chi connectivity index (χ1) is 7.24. The van der Waals surface area contributed by atoms with E-state index in [9.17, 15) is 0 Å². The van der Waals surface area contributed by atoms with Gasteiger partial charge in [0.05, 0.1) is 18.0 Å². The van der Waals surface area contributed by atoms with Gasteiger partial charge in [0.25, 0.3) is 0 Å². The summed E-state index contributed by atoms with van der Waals surface area (Å²) in [6, 6.07) is 3.86. The molecule has 0 bridgehead atoms. The van der Waals surface area contributed by atoms with Crippen LogP contribution < -0.4 is 10.5 Å². The van der Waals surface area contributed by atoms with Crippen LogP contribution in [0.2, 0.25) is 0 Å². The van der Waals surface area contributed by atoms with Crippen molar-refractivity contribution in [2.75, 3.05) is 7.11 Å². The van der Waals surface area contributed by atoms with Gasteiger partial charge in [-0.2, -0.15) is 0 Å². The van der Waals surface area contributed by atoms with Crippen LogP contribution in [0.5, 0.6) is 5.75 Å². The fourth-order valence-corrected chi connectivity index (χ4v) is 3.93. The molecule has 0 fully saturated rings. The van der Waals surface area contributed by atoms with E-state index in [2.05, 4.69) is 15.9 Å². The van der Waals surface area contributed by atoms with Crippen molar-refractivity contribution in [2.24, 2.45) is 5.73 Å². The monoisotopic (exact) mass is 303 g/mol. The van der Waals surface area contributed by atoms with Gasteiger partial charge < -0.3 is 10.5 Å². The maximum absolute atomic E-state index is 6.19. The van der Waals surface area contributed by atoms with Gasteiger partial charge in [0.2, 0.25) is 0 Å². The highest BCUT2D eigenvalue weighted by molar-refractivity contribution is 9.10. The molecular formula is C10H10BrNOS2. The molecule has 0 saturated heterocycles. The maximum atomic E-state index is 6.19. The summed E-state index contributed by atoms with van der Waals surface area (Å²) in [5.41, 5.74) is 6.19. The van der Waals surface area contributed by atoms with E-state index in [1.807, 2.05) is 22.9 Å². The van der Waals surface area contributed by atoms with Gasteiger partial charge >= 0.3 is 0 Å². The van der Waals surface area contributed by atoms with Crippen molar-refractivity contribution in [3.8, 4) is 5.75 Å². The number of thiophene rings is 2. The Hall–Kier alpha value is -0.360. The van der Waals surface area contributed by atoms with Crippen molar-refractivity contribution >= 4 is 38.6 Å². The summed E-state index contributed by atoms with van der Waals surface area (Å²) < 4.78 is 6.33. The number of halogens is 1. The second kappa shape index (κ2) is 4.65. The third-order valence-corrected chi connectivity index (χ3v) is 5.02. The highest BCUT2D eigenvalue weighted by Crippen LogP contribution is 2.38. The van der Waals surface area contributed by atoms with Gasteiger partial charge in [0, 0.05) is 9.35 Å². The van der Waals surface area contributed by atoms with Crippen LogP contribution in [0.4, 0.5) is 0 Å². The third-order valence-electron chi connectivity index (χ3n) is 2.09. The van der Waals surface area contributed by atoms with E-state index in [0.29, 0.717) is 0 Å². The summed E-state index contributed by atoms with van der Waals surface area (Å²) in [4.78, 5) is 2.20. The van der Waals surface area contributed by atoms with E-state index < -0.39 is 0 Å². The molecule has 2 heterocycles. The van der Waals surface area contributed by atoms with Gasteiger partial charge in [-0.1, -0.05) is 0 Å². The molecule has 1 unspecified atom stereocenters. The molecule has 0 saturated carbocycles. The molecule has 15 heavy (non-hydrogen) atoms. The molecule has 2 aromatic heterocycles. The predicted octanol–water partition coefficient (Wildman–Crippen LogP) is 3.63. The molecular weight excluding hydrogens is 294 g/mol. The normalized spacial score (nSPS) is 12.7. The number of hydrogen-bond donors (Lipinski definition) is 1. The molecule has 2 aromatic rings. The van der Waals surface area contributed by atoms with E-state index >= 15 is 0 Å². The van der Waals surface area contributed by atoms with Crippen molar-refractivity contribution in [3.05, 3.63) is 37.1 Å². The second-order valence-electron chi connectivity index (χ2n) is 2.96. The Morgan fingerprint density at radius 2 is 1.93 bits per heavy atom. The fourth-order valence-electron chi connectivity index (χ4n) is 1.35. The minimum absolute atomic E-state index is 0.102. The lowest BCUT2D eigenvalue weighted by Gasteiger charge is -2.10. The minimum atomic E-state index is -0.102. The molecule has 0 aliphatic carbocycles. The van der Waals surface area contributed by atoms with Gasteiger partial charge in [0.15, 0.2) is 0 Å². The number of hydrogen-bond acceptors (Lipinski definition) is 4. The Labute approximate surface area is 105 Å². The quantitative estimate of drug-likeness (QED) is 0.940. The Bertz CT molecular complexity index is 452. The fraction of sp³-hybridized carbons (Fsp3) is 0.200. The number of ether oxygens (including phenoxy) is 1. The summed E-state index contributed by atoms with van der Waals surface area (Å²) in [5.74, 6) is 0.868. The lowest BCUT2D eigenvalue weighted by atomic mass is 10.2. The Balaban J connectivity index is 2.36. The van der Waals surface area contributed by atoms with Crippen molar-refractivity contribution in [1.82, 2.24) is 0 Å². The molecule has 0 radical (unpaired) electrons. The Morgan fingerprint density at radius 3 is 2.53 bits per heavy atom. The zero-order valence-corrected chi connectivity index (χ0v) is 11.3. The summed E-state index contributed by atoms with van der Waals surface area (Å²) >= 11 is 6.77. The van der Waals surface area contributed by atoms with Gasteiger partial charge in [-0.15, -0.1) is 22.7 Å². The maximum Gasteiger partial charge on any atom is 0.134 e. The van der Waals surface area contributed by atoms with Gasteiger partial charge in [-0.05, 0) is 38.8 Å². The molecule has 2 nitrogen and oxygen atoms in total. The smallest absolute Gasteiger partial charge is 0.134 e. The average molecular weight is 304 g/mol. The van der Waals surface area contributed by atoms with Crippen LogP contribution in [0.3, 0.4) is 0 Å². The number of nitrogens with two attached hydrogens (primary N) is 1. The summed E-state index contributed by atoms with van der Waals surface area (Å²) in [5, 5.41) is 4.02. The lowest BCUT2D eigenvalue weighted by molar-refractivity contribution is 0.411. The molecule has 5 heteroatoms. The number of methoxy groups -OCH3 is 1. The van der Waals surface area contributed by atoms with E-state index in [0.717, 1.165) is 20.0 Å². The molecule has 0 aliphatic heterocycles. The van der Waals surface area contributed by atoms with Crippen LogP contribution in [0.1, 0.15) is 15.8 Å². The van der Waals surface area contributed by atoms with Gasteiger partial charge in [0.1, 0.15) is 5.75 Å². The van der Waals surface area contributed by atoms with Crippen LogP contribution in [0, 0.1) is 0 Å². The van der Waals surface area contributed by atoms with E-state index in [4.69, 9.17) is 10.5 Å². The molecule has 0 aromatic carbocycles. The minimum Gasteiger partial charge on any atom is -0.496 e.